The first-order valence-corrected chi connectivity index (χ1v) is 8.77. The molecule has 1 atom stereocenters. The minimum absolute atomic E-state index is 0.0530. The summed E-state index contributed by atoms with van der Waals surface area (Å²) in [6.07, 6.45) is 2.32. The summed E-state index contributed by atoms with van der Waals surface area (Å²) in [6.45, 7) is 1.30. The molecular formula is C18H14Cl2FN3O2. The Hall–Kier alpha value is -2.15. The predicted octanol–water partition coefficient (Wildman–Crippen LogP) is 4.99. The molecule has 0 saturated carbocycles. The second-order valence-electron chi connectivity index (χ2n) is 5.85. The molecule has 1 aromatic heterocycles. The molecule has 0 radical (unpaired) electrons. The summed E-state index contributed by atoms with van der Waals surface area (Å²) in [5.74, 6) is 0.536. The Morgan fingerprint density at radius 1 is 1.19 bits per heavy atom. The molecule has 4 rings (SSSR count). The first-order valence-electron chi connectivity index (χ1n) is 8.01. The average Bonchev–Trinajstić information content (AvgIpc) is 3.15. The highest BCUT2D eigenvalue weighted by Gasteiger charge is 2.18. The highest BCUT2D eigenvalue weighted by molar-refractivity contribution is 6.42. The Balaban J connectivity index is 1.64. The minimum Gasteiger partial charge on any atom is -0.488 e. The highest BCUT2D eigenvalue weighted by Crippen LogP contribution is 2.33. The Morgan fingerprint density at radius 3 is 2.88 bits per heavy atom. The molecule has 1 aliphatic rings. The van der Waals surface area contributed by atoms with E-state index in [0.717, 1.165) is 11.8 Å². The van der Waals surface area contributed by atoms with E-state index in [1.165, 1.54) is 18.5 Å². The largest absolute Gasteiger partial charge is 0.488 e. The number of anilines is 2. The molecule has 0 aliphatic carbocycles. The van der Waals surface area contributed by atoms with E-state index in [2.05, 4.69) is 15.3 Å². The molecule has 0 spiro atoms. The van der Waals surface area contributed by atoms with Gasteiger partial charge in [-0.25, -0.2) is 14.4 Å². The number of nitrogens with one attached hydrogen (secondary N) is 1. The number of hydrogen-bond donors (Lipinski definition) is 1. The molecule has 26 heavy (non-hydrogen) atoms. The third kappa shape index (κ3) is 3.40. The number of aromatic nitrogens is 2. The maximum Gasteiger partial charge on any atom is 0.166 e. The van der Waals surface area contributed by atoms with Crippen LogP contribution in [0.3, 0.4) is 0 Å². The molecule has 1 aliphatic heterocycles. The molecule has 1 N–H and O–H groups in total. The van der Waals surface area contributed by atoms with Crippen LogP contribution in [0.2, 0.25) is 10.0 Å². The van der Waals surface area contributed by atoms with E-state index in [-0.39, 0.29) is 21.8 Å². The molecule has 0 amide bonds. The molecule has 1 fully saturated rings. The van der Waals surface area contributed by atoms with Crippen LogP contribution in [0.1, 0.15) is 6.42 Å². The van der Waals surface area contributed by atoms with Gasteiger partial charge in [-0.05, 0) is 24.3 Å². The van der Waals surface area contributed by atoms with Gasteiger partial charge in [-0.2, -0.15) is 0 Å². The number of fused-ring (bicyclic) bond motifs is 1. The topological polar surface area (TPSA) is 56.3 Å². The first-order chi connectivity index (χ1) is 12.6. The fraction of sp³-hybridized carbons (Fsp3) is 0.222. The predicted molar refractivity (Wildman–Crippen MR) is 99.1 cm³/mol. The lowest BCUT2D eigenvalue weighted by atomic mass is 10.2. The van der Waals surface area contributed by atoms with E-state index in [1.807, 2.05) is 18.2 Å². The zero-order chi connectivity index (χ0) is 18.1. The van der Waals surface area contributed by atoms with Crippen LogP contribution in [0.5, 0.6) is 5.75 Å². The SMILES string of the molecule is Fc1c(Nc2ncnc3cc(O[C@H]4CCOC4)ccc23)ccc(Cl)c1Cl. The first kappa shape index (κ1) is 17.3. The van der Waals surface area contributed by atoms with Crippen LogP contribution in [0.4, 0.5) is 15.9 Å². The molecule has 2 aromatic carbocycles. The van der Waals surface area contributed by atoms with Crippen molar-refractivity contribution in [3.63, 3.8) is 0 Å². The molecule has 2 heterocycles. The van der Waals surface area contributed by atoms with Crippen LogP contribution < -0.4 is 10.1 Å². The van der Waals surface area contributed by atoms with Gasteiger partial charge < -0.3 is 14.8 Å². The average molecular weight is 394 g/mol. The summed E-state index contributed by atoms with van der Waals surface area (Å²) in [5.41, 5.74) is 0.863. The molecule has 3 aromatic rings. The van der Waals surface area contributed by atoms with Crippen molar-refractivity contribution in [2.75, 3.05) is 18.5 Å². The van der Waals surface area contributed by atoms with Gasteiger partial charge >= 0.3 is 0 Å². The van der Waals surface area contributed by atoms with E-state index in [4.69, 9.17) is 32.7 Å². The lowest BCUT2D eigenvalue weighted by Crippen LogP contribution is -2.15. The van der Waals surface area contributed by atoms with Gasteiger partial charge in [-0.15, -0.1) is 0 Å². The number of ether oxygens (including phenoxy) is 2. The molecular weight excluding hydrogens is 380 g/mol. The number of hydrogen-bond acceptors (Lipinski definition) is 5. The Kier molecular flexibility index (Phi) is 4.80. The van der Waals surface area contributed by atoms with Crippen LogP contribution in [0, 0.1) is 5.82 Å². The van der Waals surface area contributed by atoms with E-state index < -0.39 is 5.82 Å². The monoisotopic (exact) mass is 393 g/mol. The number of halogens is 3. The molecule has 8 heteroatoms. The lowest BCUT2D eigenvalue weighted by molar-refractivity contribution is 0.141. The van der Waals surface area contributed by atoms with Crippen molar-refractivity contribution in [1.29, 1.82) is 0 Å². The molecule has 1 saturated heterocycles. The maximum absolute atomic E-state index is 14.3. The zero-order valence-electron chi connectivity index (χ0n) is 13.5. The Labute approximate surface area is 159 Å². The fourth-order valence-electron chi connectivity index (χ4n) is 2.76. The van der Waals surface area contributed by atoms with Gasteiger partial charge in [0.15, 0.2) is 5.82 Å². The molecule has 134 valence electrons. The number of benzene rings is 2. The van der Waals surface area contributed by atoms with Crippen molar-refractivity contribution in [3.8, 4) is 5.75 Å². The second-order valence-corrected chi connectivity index (χ2v) is 6.64. The summed E-state index contributed by atoms with van der Waals surface area (Å²) in [5, 5.41) is 3.69. The van der Waals surface area contributed by atoms with Gasteiger partial charge in [0.25, 0.3) is 0 Å². The lowest BCUT2D eigenvalue weighted by Gasteiger charge is -2.13. The number of nitrogens with zero attached hydrogens (tertiary/aromatic N) is 2. The van der Waals surface area contributed by atoms with Crippen molar-refractivity contribution in [3.05, 3.63) is 52.5 Å². The minimum atomic E-state index is -0.632. The molecule has 0 bridgehead atoms. The van der Waals surface area contributed by atoms with E-state index >= 15 is 0 Å². The quantitative estimate of drug-likeness (QED) is 0.632. The van der Waals surface area contributed by atoms with Crippen LogP contribution in [-0.4, -0.2) is 29.3 Å². The normalized spacial score (nSPS) is 16.8. The van der Waals surface area contributed by atoms with Crippen LogP contribution in [0.25, 0.3) is 10.9 Å². The Bertz CT molecular complexity index is 965. The summed E-state index contributed by atoms with van der Waals surface area (Å²) < 4.78 is 25.5. The van der Waals surface area contributed by atoms with Crippen molar-refractivity contribution < 1.29 is 13.9 Å². The number of rotatable bonds is 4. The van der Waals surface area contributed by atoms with Crippen LogP contribution in [-0.2, 0) is 4.74 Å². The smallest absolute Gasteiger partial charge is 0.166 e. The van der Waals surface area contributed by atoms with E-state index in [0.29, 0.717) is 30.3 Å². The summed E-state index contributed by atoms with van der Waals surface area (Å²) in [6, 6.07) is 8.52. The van der Waals surface area contributed by atoms with E-state index in [9.17, 15) is 4.39 Å². The third-order valence-electron chi connectivity index (χ3n) is 4.09. The molecule has 5 nitrogen and oxygen atoms in total. The summed E-state index contributed by atoms with van der Waals surface area (Å²) in [4.78, 5) is 8.47. The van der Waals surface area contributed by atoms with Crippen molar-refractivity contribution in [2.45, 2.75) is 12.5 Å². The zero-order valence-corrected chi connectivity index (χ0v) is 15.0. The van der Waals surface area contributed by atoms with Crippen molar-refractivity contribution >= 4 is 45.6 Å². The maximum atomic E-state index is 14.3. The second kappa shape index (κ2) is 7.23. The van der Waals surface area contributed by atoms with Crippen LogP contribution in [0.15, 0.2) is 36.7 Å². The van der Waals surface area contributed by atoms with Gasteiger partial charge in [0, 0.05) is 17.9 Å². The molecule has 0 unspecified atom stereocenters. The van der Waals surface area contributed by atoms with Crippen LogP contribution >= 0.6 is 23.2 Å². The standard InChI is InChI=1S/C18H14Cl2FN3O2/c19-13-3-4-14(17(21)16(13)20)24-18-12-2-1-10(7-15(12)22-9-23-18)26-11-5-6-25-8-11/h1-4,7,9,11H,5-6,8H2,(H,22,23,24)/t11-/m0/s1. The third-order valence-corrected chi connectivity index (χ3v) is 4.87. The van der Waals surface area contributed by atoms with Gasteiger partial charge in [0.1, 0.15) is 24.0 Å². The van der Waals surface area contributed by atoms with Crippen molar-refractivity contribution in [1.82, 2.24) is 9.97 Å². The Morgan fingerprint density at radius 2 is 2.08 bits per heavy atom. The van der Waals surface area contributed by atoms with Gasteiger partial charge in [0.2, 0.25) is 0 Å². The fourth-order valence-corrected chi connectivity index (χ4v) is 3.07. The summed E-state index contributed by atoms with van der Waals surface area (Å²) >= 11 is 11.7. The van der Waals surface area contributed by atoms with Crippen molar-refractivity contribution in [2.24, 2.45) is 0 Å². The highest BCUT2D eigenvalue weighted by atomic mass is 35.5. The van der Waals surface area contributed by atoms with Gasteiger partial charge in [-0.1, -0.05) is 23.2 Å². The van der Waals surface area contributed by atoms with Gasteiger partial charge in [0.05, 0.1) is 34.5 Å². The summed E-state index contributed by atoms with van der Waals surface area (Å²) in [7, 11) is 0. The van der Waals surface area contributed by atoms with E-state index in [1.54, 1.807) is 0 Å². The van der Waals surface area contributed by atoms with Gasteiger partial charge in [-0.3, -0.25) is 0 Å².